The molecule has 1 aromatic rings. The van der Waals surface area contributed by atoms with Crippen LogP contribution in [-0.4, -0.2) is 71.5 Å². The molecule has 0 aromatic heterocycles. The molecule has 1 heterocycles. The molecule has 210 valence electrons. The molecule has 13 heteroatoms. The van der Waals surface area contributed by atoms with Crippen LogP contribution < -0.4 is 5.32 Å². The first kappa shape index (κ1) is 30.5. The van der Waals surface area contributed by atoms with E-state index in [2.05, 4.69) is 5.32 Å². The number of nitrogens with one attached hydrogen (secondary N) is 1. The van der Waals surface area contributed by atoms with Gasteiger partial charge in [0.1, 0.15) is 19.3 Å². The van der Waals surface area contributed by atoms with E-state index in [1.54, 1.807) is 37.3 Å². The number of ether oxygens (including phenoxy) is 6. The van der Waals surface area contributed by atoms with Crippen molar-refractivity contribution in [2.45, 2.75) is 83.9 Å². The molecule has 1 aliphatic heterocycles. The number of carbonyl (C=O) groups is 5. The zero-order valence-electron chi connectivity index (χ0n) is 21.9. The van der Waals surface area contributed by atoms with Gasteiger partial charge in [0.25, 0.3) is 5.72 Å². The van der Waals surface area contributed by atoms with Gasteiger partial charge in [0, 0.05) is 34.1 Å². The van der Waals surface area contributed by atoms with Crippen LogP contribution in [0.3, 0.4) is 0 Å². The Morgan fingerprint density at radius 1 is 0.921 bits per heavy atom. The average Bonchev–Trinajstić information content (AvgIpc) is 2.81. The van der Waals surface area contributed by atoms with E-state index in [0.29, 0.717) is 5.56 Å². The lowest BCUT2D eigenvalue weighted by Gasteiger charge is -2.54. The first-order valence-electron chi connectivity index (χ1n) is 11.9. The van der Waals surface area contributed by atoms with E-state index >= 15 is 0 Å². The van der Waals surface area contributed by atoms with Gasteiger partial charge in [-0.15, -0.1) is 0 Å². The number of hydrogen-bond donors (Lipinski definition) is 2. The Morgan fingerprint density at radius 3 is 2.08 bits per heavy atom. The largest absolute Gasteiger partial charge is 0.463 e. The van der Waals surface area contributed by atoms with Crippen molar-refractivity contribution in [2.24, 2.45) is 0 Å². The second-order valence-electron chi connectivity index (χ2n) is 8.65. The van der Waals surface area contributed by atoms with Crippen molar-refractivity contribution in [3.63, 3.8) is 0 Å². The first-order chi connectivity index (χ1) is 17.8. The van der Waals surface area contributed by atoms with Gasteiger partial charge >= 0.3 is 30.0 Å². The van der Waals surface area contributed by atoms with Crippen molar-refractivity contribution < 1.29 is 57.5 Å². The Hall–Kier alpha value is -3.71. The van der Waals surface area contributed by atoms with Gasteiger partial charge < -0.3 is 33.5 Å². The molecule has 0 bridgehead atoms. The maximum absolute atomic E-state index is 13.1. The number of benzene rings is 1. The van der Waals surface area contributed by atoms with Crippen molar-refractivity contribution in [1.82, 2.24) is 5.32 Å². The summed E-state index contributed by atoms with van der Waals surface area (Å²) < 4.78 is 32.4. The quantitative estimate of drug-likeness (QED) is 0.249. The molecule has 0 saturated carbocycles. The van der Waals surface area contributed by atoms with Crippen molar-refractivity contribution in [1.29, 1.82) is 0 Å². The van der Waals surface area contributed by atoms with Crippen LogP contribution >= 0.6 is 0 Å². The summed E-state index contributed by atoms with van der Waals surface area (Å²) in [5.41, 5.74) is -1.94. The first-order valence-corrected chi connectivity index (χ1v) is 11.9. The molecule has 0 aliphatic carbocycles. The van der Waals surface area contributed by atoms with Crippen molar-refractivity contribution >= 4 is 30.0 Å². The van der Waals surface area contributed by atoms with Gasteiger partial charge in [-0.2, -0.15) is 0 Å². The summed E-state index contributed by atoms with van der Waals surface area (Å²) in [5.74, 6) is -5.99. The van der Waals surface area contributed by atoms with Crippen LogP contribution in [0.4, 0.5) is 4.79 Å². The Kier molecular flexibility index (Phi) is 10.6. The van der Waals surface area contributed by atoms with Crippen LogP contribution in [0.1, 0.15) is 53.0 Å². The zero-order valence-corrected chi connectivity index (χ0v) is 21.9. The standard InChI is InChI=1S/C25H33NO12/c1-6-12-24(32)22(36-17(4)29)25(37-18(5)30,26-23(31)34-13-19-10-8-7-9-11-19)21(35-16(3)28)20(38-24)14-33-15(2)27/h7-11,20-22,32H,6,12-14H2,1-5H3,(H,26,31)/t20-,21+,22+,24-,25+/m1/s1. The van der Waals surface area contributed by atoms with E-state index in [4.69, 9.17) is 28.4 Å². The third-order valence-corrected chi connectivity index (χ3v) is 5.37. The molecule has 1 aliphatic rings. The monoisotopic (exact) mass is 539 g/mol. The van der Waals surface area contributed by atoms with E-state index in [9.17, 15) is 29.1 Å². The second-order valence-corrected chi connectivity index (χ2v) is 8.65. The molecule has 2 N–H and O–H groups in total. The summed E-state index contributed by atoms with van der Waals surface area (Å²) in [6.45, 7) is 5.04. The summed E-state index contributed by atoms with van der Waals surface area (Å²) >= 11 is 0. The highest BCUT2D eigenvalue weighted by Gasteiger charge is 2.69. The lowest BCUT2D eigenvalue weighted by atomic mass is 9.83. The number of hydrogen-bond acceptors (Lipinski definition) is 12. The Labute approximate surface area is 219 Å². The molecule has 1 amide bonds. The fourth-order valence-corrected chi connectivity index (χ4v) is 4.13. The lowest BCUT2D eigenvalue weighted by molar-refractivity contribution is -0.382. The summed E-state index contributed by atoms with van der Waals surface area (Å²) in [6, 6.07) is 8.62. The SMILES string of the molecule is CCC[C@@]1(O)O[C@H](COC(C)=O)[C@H](OC(C)=O)[C@](NC(=O)OCc2ccccc2)(OC(C)=O)[C@H]1OC(C)=O. The number of rotatable bonds is 10. The third kappa shape index (κ3) is 7.89. The molecule has 1 fully saturated rings. The molecular weight excluding hydrogens is 506 g/mol. The highest BCUT2D eigenvalue weighted by molar-refractivity contribution is 5.73. The molecule has 38 heavy (non-hydrogen) atoms. The summed E-state index contributed by atoms with van der Waals surface area (Å²) in [4.78, 5) is 61.3. The van der Waals surface area contributed by atoms with Crippen molar-refractivity contribution in [3.8, 4) is 0 Å². The van der Waals surface area contributed by atoms with Crippen LogP contribution in [0.25, 0.3) is 0 Å². The fourth-order valence-electron chi connectivity index (χ4n) is 4.13. The second kappa shape index (κ2) is 13.2. The predicted molar refractivity (Wildman–Crippen MR) is 127 cm³/mol. The molecule has 13 nitrogen and oxygen atoms in total. The van der Waals surface area contributed by atoms with Crippen LogP contribution in [0.5, 0.6) is 0 Å². The maximum atomic E-state index is 13.1. The summed E-state index contributed by atoms with van der Waals surface area (Å²) in [5, 5.41) is 13.9. The average molecular weight is 540 g/mol. The van der Waals surface area contributed by atoms with E-state index in [1.807, 2.05) is 0 Å². The van der Waals surface area contributed by atoms with Gasteiger partial charge in [0.2, 0.25) is 11.9 Å². The van der Waals surface area contributed by atoms with Crippen LogP contribution in [0.2, 0.25) is 0 Å². The fraction of sp³-hybridized carbons (Fsp3) is 0.560. The van der Waals surface area contributed by atoms with Crippen LogP contribution in [0, 0.1) is 0 Å². The van der Waals surface area contributed by atoms with Crippen molar-refractivity contribution in [3.05, 3.63) is 35.9 Å². The minimum Gasteiger partial charge on any atom is -0.463 e. The Balaban J connectivity index is 2.66. The highest BCUT2D eigenvalue weighted by atomic mass is 16.7. The van der Waals surface area contributed by atoms with Gasteiger partial charge in [0.15, 0.2) is 6.10 Å². The van der Waals surface area contributed by atoms with E-state index in [1.165, 1.54) is 0 Å². The molecule has 1 aromatic carbocycles. The highest BCUT2D eigenvalue weighted by Crippen LogP contribution is 2.42. The number of aliphatic hydroxyl groups is 1. The number of esters is 4. The minimum absolute atomic E-state index is 0.196. The van der Waals surface area contributed by atoms with Crippen LogP contribution in [-0.2, 0) is 54.2 Å². The zero-order chi connectivity index (χ0) is 28.5. The smallest absolute Gasteiger partial charge is 0.410 e. The topological polar surface area (TPSA) is 173 Å². The minimum atomic E-state index is -2.57. The summed E-state index contributed by atoms with van der Waals surface area (Å²) in [6.07, 6.45) is -6.30. The van der Waals surface area contributed by atoms with E-state index in [-0.39, 0.29) is 19.4 Å². The molecule has 0 unspecified atom stereocenters. The number of alkyl carbamates (subject to hydrolysis) is 1. The number of carbonyl (C=O) groups excluding carboxylic acids is 5. The van der Waals surface area contributed by atoms with Gasteiger partial charge in [-0.05, 0) is 5.56 Å². The molecular formula is C25H33NO12. The van der Waals surface area contributed by atoms with E-state index in [0.717, 1.165) is 27.7 Å². The lowest BCUT2D eigenvalue weighted by Crippen LogP contribution is -2.80. The maximum Gasteiger partial charge on any atom is 0.410 e. The van der Waals surface area contributed by atoms with Gasteiger partial charge in [-0.3, -0.25) is 24.5 Å². The molecule has 0 radical (unpaired) electrons. The van der Waals surface area contributed by atoms with Crippen LogP contribution in [0.15, 0.2) is 30.3 Å². The van der Waals surface area contributed by atoms with E-state index < -0.39 is 66.4 Å². The molecule has 1 saturated heterocycles. The predicted octanol–water partition coefficient (Wildman–Crippen LogP) is 1.49. The molecule has 2 rings (SSSR count). The third-order valence-electron chi connectivity index (χ3n) is 5.37. The van der Waals surface area contributed by atoms with Gasteiger partial charge in [-0.25, -0.2) is 4.79 Å². The molecule has 5 atom stereocenters. The van der Waals surface area contributed by atoms with Gasteiger partial charge in [0.05, 0.1) is 0 Å². The van der Waals surface area contributed by atoms with Crippen molar-refractivity contribution in [2.75, 3.05) is 6.61 Å². The normalized spacial score (nSPS) is 26.4. The Bertz CT molecular complexity index is 1010. The number of amides is 1. The molecule has 0 spiro atoms. The van der Waals surface area contributed by atoms with Gasteiger partial charge in [-0.1, -0.05) is 43.7 Å². The Morgan fingerprint density at radius 2 is 1.55 bits per heavy atom. The summed E-state index contributed by atoms with van der Waals surface area (Å²) in [7, 11) is 0.